The van der Waals surface area contributed by atoms with Crippen molar-refractivity contribution in [2.24, 2.45) is 16.0 Å². The molecule has 14 heavy (non-hydrogen) atoms. The minimum absolute atomic E-state index is 0.162. The van der Waals surface area contributed by atoms with Crippen LogP contribution in [0.15, 0.2) is 0 Å². The quantitative estimate of drug-likeness (QED) is 0.738. The van der Waals surface area contributed by atoms with Gasteiger partial charge in [0.05, 0.1) is 0 Å². The Morgan fingerprint density at radius 3 is 1.36 bits per heavy atom. The van der Waals surface area contributed by atoms with Crippen LogP contribution in [0, 0.1) is 10.8 Å². The first-order chi connectivity index (χ1) is 5.84. The molecule has 0 radical (unpaired) electrons. The topological polar surface area (TPSA) is 72.2 Å². The molecule has 0 spiro atoms. The Kier molecular flexibility index (Phi) is 3.76. The summed E-state index contributed by atoms with van der Waals surface area (Å²) in [5.74, 6) is 0. The predicted octanol–water partition coefficient (Wildman–Crippen LogP) is 1.24. The first-order valence-electron chi connectivity index (χ1n) is 4.64. The zero-order chi connectivity index (χ0) is 11.8. The fraction of sp³-hybridized carbons (Fsp3) is 1.00. The molecule has 0 atom stereocenters. The molecule has 3 N–H and O–H groups in total. The van der Waals surface area contributed by atoms with Gasteiger partial charge in [-0.1, -0.05) is 41.5 Å². The Morgan fingerprint density at radius 2 is 1.29 bits per heavy atom. The third-order valence-corrected chi connectivity index (χ3v) is 2.58. The normalized spacial score (nSPS) is 14.9. The molecule has 0 aliphatic rings. The largest absolute Gasteiger partial charge is 0.274 e. The van der Waals surface area contributed by atoms with E-state index in [1.807, 2.05) is 41.5 Å². The van der Waals surface area contributed by atoms with Crippen molar-refractivity contribution in [2.45, 2.75) is 47.6 Å². The lowest BCUT2D eigenvalue weighted by molar-refractivity contribution is 0.163. The van der Waals surface area contributed by atoms with Crippen LogP contribution < -0.4 is 9.86 Å². The molecule has 0 saturated heterocycles. The van der Waals surface area contributed by atoms with Gasteiger partial charge in [0, 0.05) is 6.04 Å². The van der Waals surface area contributed by atoms with E-state index in [4.69, 9.17) is 5.14 Å². The van der Waals surface area contributed by atoms with E-state index in [9.17, 15) is 8.42 Å². The van der Waals surface area contributed by atoms with E-state index in [-0.39, 0.29) is 16.9 Å². The fourth-order valence-electron chi connectivity index (χ4n) is 1.82. The molecule has 0 aromatic rings. The number of hydrogen-bond donors (Lipinski definition) is 2. The molecule has 0 heterocycles. The van der Waals surface area contributed by atoms with Gasteiger partial charge in [-0.2, -0.15) is 13.1 Å². The van der Waals surface area contributed by atoms with Crippen LogP contribution in [0.5, 0.6) is 0 Å². The summed E-state index contributed by atoms with van der Waals surface area (Å²) in [6.07, 6.45) is 0. The van der Waals surface area contributed by atoms with Crippen molar-refractivity contribution in [1.82, 2.24) is 4.72 Å². The highest BCUT2D eigenvalue weighted by Gasteiger charge is 2.36. The van der Waals surface area contributed by atoms with Gasteiger partial charge in [0.25, 0.3) is 10.2 Å². The van der Waals surface area contributed by atoms with Crippen LogP contribution >= 0.6 is 0 Å². The summed E-state index contributed by atoms with van der Waals surface area (Å²) >= 11 is 0. The van der Waals surface area contributed by atoms with Crippen molar-refractivity contribution >= 4 is 10.2 Å². The van der Waals surface area contributed by atoms with E-state index in [1.54, 1.807) is 0 Å². The van der Waals surface area contributed by atoms with Crippen LogP contribution in [-0.2, 0) is 10.2 Å². The molecule has 0 amide bonds. The van der Waals surface area contributed by atoms with Crippen LogP contribution in [0.3, 0.4) is 0 Å². The maximum absolute atomic E-state index is 11.0. The van der Waals surface area contributed by atoms with E-state index in [0.717, 1.165) is 0 Å². The maximum Gasteiger partial charge on any atom is 0.274 e. The third-order valence-electron chi connectivity index (χ3n) is 2.01. The highest BCUT2D eigenvalue weighted by atomic mass is 32.2. The van der Waals surface area contributed by atoms with Crippen LogP contribution in [0.2, 0.25) is 0 Å². The molecule has 0 unspecified atom stereocenters. The highest BCUT2D eigenvalue weighted by Crippen LogP contribution is 2.33. The Labute approximate surface area is 87.4 Å². The molecule has 0 rings (SSSR count). The summed E-state index contributed by atoms with van der Waals surface area (Å²) in [5.41, 5.74) is -0.324. The molecule has 4 nitrogen and oxygen atoms in total. The van der Waals surface area contributed by atoms with Gasteiger partial charge >= 0.3 is 0 Å². The summed E-state index contributed by atoms with van der Waals surface area (Å²) in [6, 6.07) is -0.190. The van der Waals surface area contributed by atoms with Crippen LogP contribution in [0.25, 0.3) is 0 Å². The molecule has 0 aliphatic carbocycles. The average molecular weight is 222 g/mol. The van der Waals surface area contributed by atoms with Crippen LogP contribution in [-0.4, -0.2) is 14.5 Å². The summed E-state index contributed by atoms with van der Waals surface area (Å²) < 4.78 is 24.5. The lowest BCUT2D eigenvalue weighted by atomic mass is 9.73. The zero-order valence-corrected chi connectivity index (χ0v) is 10.7. The van der Waals surface area contributed by atoms with Gasteiger partial charge in [-0.25, -0.2) is 5.14 Å². The molecular weight excluding hydrogens is 200 g/mol. The number of nitrogens with one attached hydrogen (secondary N) is 1. The van der Waals surface area contributed by atoms with Crippen molar-refractivity contribution < 1.29 is 8.42 Å². The second kappa shape index (κ2) is 3.79. The predicted molar refractivity (Wildman–Crippen MR) is 58.9 cm³/mol. The Morgan fingerprint density at radius 1 is 1.00 bits per heavy atom. The lowest BCUT2D eigenvalue weighted by Gasteiger charge is -2.40. The highest BCUT2D eigenvalue weighted by molar-refractivity contribution is 7.87. The van der Waals surface area contributed by atoms with Crippen LogP contribution in [0.4, 0.5) is 0 Å². The minimum Gasteiger partial charge on any atom is -0.216 e. The van der Waals surface area contributed by atoms with Gasteiger partial charge in [0.1, 0.15) is 0 Å². The van der Waals surface area contributed by atoms with Crippen molar-refractivity contribution in [3.63, 3.8) is 0 Å². The maximum atomic E-state index is 11.0. The van der Waals surface area contributed by atoms with Gasteiger partial charge in [0.15, 0.2) is 0 Å². The number of rotatable bonds is 2. The van der Waals surface area contributed by atoms with Gasteiger partial charge in [-0.05, 0) is 10.8 Å². The smallest absolute Gasteiger partial charge is 0.216 e. The van der Waals surface area contributed by atoms with Gasteiger partial charge < -0.3 is 0 Å². The Hall–Kier alpha value is -0.130. The molecular formula is C9H22N2O2S. The van der Waals surface area contributed by atoms with Gasteiger partial charge in [0.2, 0.25) is 0 Å². The Balaban J connectivity index is 4.97. The first-order valence-corrected chi connectivity index (χ1v) is 6.19. The molecule has 0 aromatic carbocycles. The fourth-order valence-corrected chi connectivity index (χ4v) is 2.85. The van der Waals surface area contributed by atoms with Crippen molar-refractivity contribution in [2.75, 3.05) is 0 Å². The lowest BCUT2D eigenvalue weighted by Crippen LogP contribution is -2.53. The van der Waals surface area contributed by atoms with E-state index < -0.39 is 10.2 Å². The average Bonchev–Trinajstić information content (AvgIpc) is 1.75. The molecule has 0 aromatic heterocycles. The second-order valence-electron chi connectivity index (χ2n) is 5.83. The minimum atomic E-state index is -3.64. The van der Waals surface area contributed by atoms with Crippen molar-refractivity contribution in [1.29, 1.82) is 0 Å². The van der Waals surface area contributed by atoms with Crippen molar-refractivity contribution in [3.05, 3.63) is 0 Å². The molecule has 0 saturated carbocycles. The summed E-state index contributed by atoms with van der Waals surface area (Å²) in [5, 5.41) is 4.99. The monoisotopic (exact) mass is 222 g/mol. The molecule has 0 bridgehead atoms. The summed E-state index contributed by atoms with van der Waals surface area (Å²) in [7, 11) is -3.64. The van der Waals surface area contributed by atoms with E-state index in [2.05, 4.69) is 4.72 Å². The summed E-state index contributed by atoms with van der Waals surface area (Å²) in [4.78, 5) is 0. The third kappa shape index (κ3) is 4.93. The van der Waals surface area contributed by atoms with E-state index in [0.29, 0.717) is 0 Å². The van der Waals surface area contributed by atoms with Gasteiger partial charge in [-0.3, -0.25) is 0 Å². The SMILES string of the molecule is CC(C)(C)C(NS(N)(=O)=O)C(C)(C)C. The number of nitrogens with two attached hydrogens (primary N) is 1. The standard InChI is InChI=1S/C9H22N2O2S/c1-8(2,3)7(9(4,5)6)11-14(10,12)13/h7,11H,1-6H3,(H2,10,12,13). The van der Waals surface area contributed by atoms with Crippen LogP contribution in [0.1, 0.15) is 41.5 Å². The number of hydrogen-bond acceptors (Lipinski definition) is 2. The molecule has 86 valence electrons. The molecule has 0 aliphatic heterocycles. The zero-order valence-electron chi connectivity index (χ0n) is 9.88. The molecule has 0 fully saturated rings. The second-order valence-corrected chi connectivity index (χ2v) is 7.15. The molecule has 5 heteroatoms. The van der Waals surface area contributed by atoms with E-state index >= 15 is 0 Å². The summed E-state index contributed by atoms with van der Waals surface area (Å²) in [6.45, 7) is 11.9. The first kappa shape index (κ1) is 13.9. The van der Waals surface area contributed by atoms with E-state index in [1.165, 1.54) is 0 Å². The Bertz CT molecular complexity index is 269. The van der Waals surface area contributed by atoms with Gasteiger partial charge in [-0.15, -0.1) is 0 Å². The van der Waals surface area contributed by atoms with Crippen molar-refractivity contribution in [3.8, 4) is 0 Å².